The van der Waals surface area contributed by atoms with E-state index in [1.165, 1.54) is 0 Å². The highest BCUT2D eigenvalue weighted by Gasteiger charge is 2.18. The minimum absolute atomic E-state index is 0.0937. The van der Waals surface area contributed by atoms with Crippen molar-refractivity contribution >= 4 is 17.3 Å². The van der Waals surface area contributed by atoms with Crippen molar-refractivity contribution in [3.63, 3.8) is 0 Å². The van der Waals surface area contributed by atoms with Crippen molar-refractivity contribution in [1.29, 1.82) is 0 Å². The molecule has 3 aromatic rings. The Morgan fingerprint density at radius 2 is 1.48 bits per heavy atom. The van der Waals surface area contributed by atoms with E-state index >= 15 is 0 Å². The van der Waals surface area contributed by atoms with Gasteiger partial charge in [-0.2, -0.15) is 0 Å². The van der Waals surface area contributed by atoms with Crippen LogP contribution in [0, 0.1) is 6.92 Å². The number of nitrogens with one attached hydrogen (secondary N) is 1. The van der Waals surface area contributed by atoms with E-state index in [0.29, 0.717) is 5.56 Å². The van der Waals surface area contributed by atoms with Crippen molar-refractivity contribution in [2.75, 3.05) is 10.4 Å². The van der Waals surface area contributed by atoms with E-state index in [1.807, 2.05) is 91.9 Å². The molecule has 0 aliphatic carbocycles. The Hall–Kier alpha value is -3.07. The SMILES string of the molecule is Cc1cccc(C(=O)N(Nc2ccccc2)c2ccccc2)c1. The highest BCUT2D eigenvalue weighted by atomic mass is 16.2. The molecule has 0 atom stereocenters. The molecule has 0 radical (unpaired) electrons. The quantitative estimate of drug-likeness (QED) is 0.710. The lowest BCUT2D eigenvalue weighted by Gasteiger charge is -2.24. The minimum atomic E-state index is -0.0937. The van der Waals surface area contributed by atoms with Crippen molar-refractivity contribution in [2.24, 2.45) is 0 Å². The highest BCUT2D eigenvalue weighted by molar-refractivity contribution is 6.07. The third-order valence-electron chi connectivity index (χ3n) is 3.50. The number of nitrogens with zero attached hydrogens (tertiary/aromatic N) is 1. The van der Waals surface area contributed by atoms with Crippen LogP contribution in [-0.2, 0) is 0 Å². The monoisotopic (exact) mass is 302 g/mol. The Bertz CT molecular complexity index is 785. The summed E-state index contributed by atoms with van der Waals surface area (Å²) in [5, 5.41) is 1.57. The average Bonchev–Trinajstić information content (AvgIpc) is 2.61. The largest absolute Gasteiger partial charge is 0.291 e. The number of hydrogen-bond acceptors (Lipinski definition) is 2. The number of benzene rings is 3. The molecule has 0 saturated heterocycles. The number of amides is 1. The number of anilines is 2. The number of hydrazine groups is 1. The van der Waals surface area contributed by atoms with Crippen LogP contribution in [0.25, 0.3) is 0 Å². The number of carbonyl (C=O) groups excluding carboxylic acids is 1. The van der Waals surface area contributed by atoms with Crippen LogP contribution in [-0.4, -0.2) is 5.91 Å². The molecule has 0 spiro atoms. The summed E-state index contributed by atoms with van der Waals surface area (Å²) in [7, 11) is 0. The number of hydrogen-bond donors (Lipinski definition) is 1. The van der Waals surface area contributed by atoms with E-state index in [2.05, 4.69) is 5.43 Å². The van der Waals surface area contributed by atoms with Crippen LogP contribution in [0.15, 0.2) is 84.9 Å². The summed E-state index contributed by atoms with van der Waals surface area (Å²) in [6, 6.07) is 26.8. The number of carbonyl (C=O) groups is 1. The fourth-order valence-electron chi connectivity index (χ4n) is 2.36. The molecular formula is C20H18N2O. The molecule has 0 aromatic heterocycles. The van der Waals surface area contributed by atoms with Crippen molar-refractivity contribution < 1.29 is 4.79 Å². The van der Waals surface area contributed by atoms with Gasteiger partial charge < -0.3 is 0 Å². The summed E-state index contributed by atoms with van der Waals surface area (Å²) in [5.74, 6) is -0.0937. The normalized spacial score (nSPS) is 10.1. The third kappa shape index (κ3) is 3.58. The maximum absolute atomic E-state index is 13.0. The van der Waals surface area contributed by atoms with Gasteiger partial charge in [-0.3, -0.25) is 10.2 Å². The third-order valence-corrected chi connectivity index (χ3v) is 3.50. The van der Waals surface area contributed by atoms with Crippen LogP contribution >= 0.6 is 0 Å². The van der Waals surface area contributed by atoms with Crippen LogP contribution < -0.4 is 10.4 Å². The van der Waals surface area contributed by atoms with E-state index in [0.717, 1.165) is 16.9 Å². The number of para-hydroxylation sites is 2. The first kappa shape index (κ1) is 14.9. The van der Waals surface area contributed by atoms with E-state index in [9.17, 15) is 4.79 Å². The summed E-state index contributed by atoms with van der Waals surface area (Å²) in [4.78, 5) is 13.0. The molecule has 114 valence electrons. The molecule has 0 saturated carbocycles. The van der Waals surface area contributed by atoms with Crippen molar-refractivity contribution in [1.82, 2.24) is 0 Å². The van der Waals surface area contributed by atoms with Gasteiger partial charge in [0.1, 0.15) is 0 Å². The minimum Gasteiger partial charge on any atom is -0.291 e. The fourth-order valence-corrected chi connectivity index (χ4v) is 2.36. The molecule has 0 fully saturated rings. The summed E-state index contributed by atoms with van der Waals surface area (Å²) >= 11 is 0. The second-order valence-corrected chi connectivity index (χ2v) is 5.32. The molecule has 3 nitrogen and oxygen atoms in total. The van der Waals surface area contributed by atoms with Crippen LogP contribution in [0.1, 0.15) is 15.9 Å². The van der Waals surface area contributed by atoms with Gasteiger partial charge in [0.2, 0.25) is 0 Å². The molecule has 0 aliphatic rings. The number of aryl methyl sites for hydroxylation is 1. The van der Waals surface area contributed by atoms with Gasteiger partial charge in [-0.1, -0.05) is 54.1 Å². The standard InChI is InChI=1S/C20H18N2O/c1-16-9-8-10-17(15-16)20(23)22(19-13-6-3-7-14-19)21-18-11-4-2-5-12-18/h2-15,21H,1H3. The lowest BCUT2D eigenvalue weighted by molar-refractivity contribution is 0.0992. The van der Waals surface area contributed by atoms with Gasteiger partial charge in [0.25, 0.3) is 5.91 Å². The lowest BCUT2D eigenvalue weighted by atomic mass is 10.1. The first-order valence-corrected chi connectivity index (χ1v) is 7.52. The zero-order valence-corrected chi connectivity index (χ0v) is 12.9. The second-order valence-electron chi connectivity index (χ2n) is 5.32. The Labute approximate surface area is 136 Å². The summed E-state index contributed by atoms with van der Waals surface area (Å²) in [6.07, 6.45) is 0. The maximum atomic E-state index is 13.0. The molecular weight excluding hydrogens is 284 g/mol. The fraction of sp³-hybridized carbons (Fsp3) is 0.0500. The molecule has 0 heterocycles. The van der Waals surface area contributed by atoms with Crippen LogP contribution in [0.2, 0.25) is 0 Å². The van der Waals surface area contributed by atoms with E-state index in [1.54, 1.807) is 5.01 Å². The van der Waals surface area contributed by atoms with E-state index in [-0.39, 0.29) is 5.91 Å². The Morgan fingerprint density at radius 1 is 0.826 bits per heavy atom. The highest BCUT2D eigenvalue weighted by Crippen LogP contribution is 2.19. The van der Waals surface area contributed by atoms with Crippen LogP contribution in [0.4, 0.5) is 11.4 Å². The van der Waals surface area contributed by atoms with Gasteiger partial charge >= 0.3 is 0 Å². The first-order valence-electron chi connectivity index (χ1n) is 7.52. The van der Waals surface area contributed by atoms with Gasteiger partial charge in [-0.05, 0) is 43.3 Å². The summed E-state index contributed by atoms with van der Waals surface area (Å²) in [6.45, 7) is 1.98. The van der Waals surface area contributed by atoms with Gasteiger partial charge in [-0.15, -0.1) is 0 Å². The Balaban J connectivity index is 1.96. The van der Waals surface area contributed by atoms with Crippen molar-refractivity contribution in [3.05, 3.63) is 96.1 Å². The smallest absolute Gasteiger partial charge is 0.276 e. The lowest BCUT2D eigenvalue weighted by Crippen LogP contribution is -2.36. The first-order chi connectivity index (χ1) is 11.2. The van der Waals surface area contributed by atoms with Crippen molar-refractivity contribution in [2.45, 2.75) is 6.92 Å². The maximum Gasteiger partial charge on any atom is 0.276 e. The molecule has 1 amide bonds. The van der Waals surface area contributed by atoms with Gasteiger partial charge in [0.05, 0.1) is 11.4 Å². The van der Waals surface area contributed by atoms with Crippen LogP contribution in [0.5, 0.6) is 0 Å². The van der Waals surface area contributed by atoms with Gasteiger partial charge in [0.15, 0.2) is 0 Å². The molecule has 0 aliphatic heterocycles. The zero-order valence-electron chi connectivity index (χ0n) is 12.9. The van der Waals surface area contributed by atoms with Crippen LogP contribution in [0.3, 0.4) is 0 Å². The predicted octanol–water partition coefficient (Wildman–Crippen LogP) is 4.67. The van der Waals surface area contributed by atoms with E-state index < -0.39 is 0 Å². The molecule has 1 N–H and O–H groups in total. The molecule has 3 rings (SSSR count). The Kier molecular flexibility index (Phi) is 4.39. The number of rotatable bonds is 4. The zero-order chi connectivity index (χ0) is 16.1. The molecule has 23 heavy (non-hydrogen) atoms. The summed E-state index contributed by atoms with van der Waals surface area (Å²) < 4.78 is 0. The Morgan fingerprint density at radius 3 is 2.13 bits per heavy atom. The van der Waals surface area contributed by atoms with Gasteiger partial charge in [-0.25, -0.2) is 5.01 Å². The van der Waals surface area contributed by atoms with Crippen molar-refractivity contribution in [3.8, 4) is 0 Å². The predicted molar refractivity (Wildman–Crippen MR) is 94.5 cm³/mol. The molecule has 0 bridgehead atoms. The second kappa shape index (κ2) is 6.79. The average molecular weight is 302 g/mol. The van der Waals surface area contributed by atoms with E-state index in [4.69, 9.17) is 0 Å². The molecule has 0 unspecified atom stereocenters. The molecule has 3 aromatic carbocycles. The summed E-state index contributed by atoms with van der Waals surface area (Å²) in [5.41, 5.74) is 6.56. The van der Waals surface area contributed by atoms with Gasteiger partial charge in [0, 0.05) is 5.56 Å². The topological polar surface area (TPSA) is 32.3 Å². The molecule has 3 heteroatoms.